The van der Waals surface area contributed by atoms with Crippen LogP contribution in [0, 0.1) is 0 Å². The van der Waals surface area contributed by atoms with Gasteiger partial charge >= 0.3 is 0 Å². The van der Waals surface area contributed by atoms with E-state index in [1.54, 1.807) is 7.11 Å². The molecule has 1 unspecified atom stereocenters. The van der Waals surface area contributed by atoms with E-state index in [0.29, 0.717) is 13.1 Å². The summed E-state index contributed by atoms with van der Waals surface area (Å²) in [6.45, 7) is 2.99. The van der Waals surface area contributed by atoms with Crippen molar-refractivity contribution in [3.8, 4) is 0 Å². The Labute approximate surface area is 162 Å². The summed E-state index contributed by atoms with van der Waals surface area (Å²) in [5.41, 5.74) is 6.52. The highest BCUT2D eigenvalue weighted by atomic mass is 35.5. The van der Waals surface area contributed by atoms with E-state index in [4.69, 9.17) is 10.5 Å². The van der Waals surface area contributed by atoms with Crippen LogP contribution >= 0.6 is 24.8 Å². The molecule has 2 heterocycles. The molecule has 1 fully saturated rings. The first-order valence-corrected chi connectivity index (χ1v) is 8.42. The molecule has 1 saturated heterocycles. The summed E-state index contributed by atoms with van der Waals surface area (Å²) in [6, 6.07) is 4.08. The maximum absolute atomic E-state index is 11.8. The van der Waals surface area contributed by atoms with E-state index in [2.05, 4.69) is 15.2 Å². The SMILES string of the molecule is COC(CN)CC(=O)NCc1ccc(N2CCCCCC2)nc1.Cl.Cl. The zero-order valence-corrected chi connectivity index (χ0v) is 16.4. The van der Waals surface area contributed by atoms with Gasteiger partial charge in [0, 0.05) is 39.5 Å². The first-order chi connectivity index (χ1) is 11.2. The van der Waals surface area contributed by atoms with E-state index < -0.39 is 0 Å². The Bertz CT molecular complexity index is 476. The van der Waals surface area contributed by atoms with Gasteiger partial charge in [0.2, 0.25) is 5.91 Å². The third kappa shape index (κ3) is 8.23. The lowest BCUT2D eigenvalue weighted by molar-refractivity contribution is -0.123. The number of ether oxygens (including phenoxy) is 1. The number of hydrogen-bond acceptors (Lipinski definition) is 5. The number of nitrogens with two attached hydrogens (primary N) is 1. The molecular formula is C17H30Cl2N4O2. The molecule has 1 aliphatic heterocycles. The van der Waals surface area contributed by atoms with Crippen LogP contribution in [0.1, 0.15) is 37.7 Å². The number of hydrogen-bond donors (Lipinski definition) is 2. The van der Waals surface area contributed by atoms with E-state index in [1.807, 2.05) is 18.3 Å². The summed E-state index contributed by atoms with van der Waals surface area (Å²) in [4.78, 5) is 18.7. The number of amides is 1. The predicted octanol–water partition coefficient (Wildman–Crippen LogP) is 2.29. The molecule has 1 aliphatic rings. The van der Waals surface area contributed by atoms with Gasteiger partial charge in [-0.2, -0.15) is 0 Å². The molecule has 2 rings (SSSR count). The summed E-state index contributed by atoms with van der Waals surface area (Å²) in [6.07, 6.45) is 7.00. The number of carbonyl (C=O) groups is 1. The number of carbonyl (C=O) groups excluding carboxylic acids is 1. The van der Waals surface area contributed by atoms with Crippen molar-refractivity contribution in [1.82, 2.24) is 10.3 Å². The summed E-state index contributed by atoms with van der Waals surface area (Å²) >= 11 is 0. The molecule has 0 bridgehead atoms. The molecule has 25 heavy (non-hydrogen) atoms. The quantitative estimate of drug-likeness (QED) is 0.743. The summed E-state index contributed by atoms with van der Waals surface area (Å²) in [5.74, 6) is 0.975. The van der Waals surface area contributed by atoms with Crippen LogP contribution in [-0.2, 0) is 16.1 Å². The number of anilines is 1. The Morgan fingerprint density at radius 3 is 2.48 bits per heavy atom. The van der Waals surface area contributed by atoms with Crippen LogP contribution in [0.4, 0.5) is 5.82 Å². The summed E-state index contributed by atoms with van der Waals surface area (Å²) in [7, 11) is 1.57. The van der Waals surface area contributed by atoms with Gasteiger partial charge in [0.05, 0.1) is 12.5 Å². The van der Waals surface area contributed by atoms with Crippen molar-refractivity contribution in [3.05, 3.63) is 23.9 Å². The molecule has 3 N–H and O–H groups in total. The minimum atomic E-state index is -0.224. The molecule has 6 nitrogen and oxygen atoms in total. The van der Waals surface area contributed by atoms with E-state index in [1.165, 1.54) is 25.7 Å². The van der Waals surface area contributed by atoms with E-state index in [-0.39, 0.29) is 43.2 Å². The minimum absolute atomic E-state index is 0. The van der Waals surface area contributed by atoms with Crippen LogP contribution in [0.25, 0.3) is 0 Å². The minimum Gasteiger partial charge on any atom is -0.380 e. The average Bonchev–Trinajstić information content (AvgIpc) is 2.87. The molecular weight excluding hydrogens is 363 g/mol. The third-order valence-electron chi connectivity index (χ3n) is 4.24. The molecule has 0 spiro atoms. The average molecular weight is 393 g/mol. The van der Waals surface area contributed by atoms with Gasteiger partial charge in [0.25, 0.3) is 0 Å². The monoisotopic (exact) mass is 392 g/mol. The lowest BCUT2D eigenvalue weighted by atomic mass is 10.2. The Morgan fingerprint density at radius 1 is 1.28 bits per heavy atom. The van der Waals surface area contributed by atoms with Gasteiger partial charge < -0.3 is 20.7 Å². The van der Waals surface area contributed by atoms with E-state index in [0.717, 1.165) is 24.5 Å². The highest BCUT2D eigenvalue weighted by Crippen LogP contribution is 2.17. The van der Waals surface area contributed by atoms with Gasteiger partial charge in [-0.15, -0.1) is 24.8 Å². The molecule has 0 radical (unpaired) electrons. The second-order valence-corrected chi connectivity index (χ2v) is 6.00. The molecule has 0 aliphatic carbocycles. The predicted molar refractivity (Wildman–Crippen MR) is 106 cm³/mol. The number of methoxy groups -OCH3 is 1. The van der Waals surface area contributed by atoms with Crippen LogP contribution in [0.15, 0.2) is 18.3 Å². The van der Waals surface area contributed by atoms with Gasteiger partial charge in [0.15, 0.2) is 0 Å². The zero-order chi connectivity index (χ0) is 16.5. The smallest absolute Gasteiger partial charge is 0.222 e. The molecule has 0 aromatic carbocycles. The van der Waals surface area contributed by atoms with Crippen molar-refractivity contribution in [1.29, 1.82) is 0 Å². The number of nitrogens with one attached hydrogen (secondary N) is 1. The zero-order valence-electron chi connectivity index (χ0n) is 14.8. The summed E-state index contributed by atoms with van der Waals surface area (Å²) < 4.78 is 5.11. The number of nitrogens with zero attached hydrogens (tertiary/aromatic N) is 2. The van der Waals surface area contributed by atoms with Crippen molar-refractivity contribution < 1.29 is 9.53 Å². The largest absolute Gasteiger partial charge is 0.380 e. The van der Waals surface area contributed by atoms with Crippen molar-refractivity contribution in [2.45, 2.75) is 44.8 Å². The maximum Gasteiger partial charge on any atom is 0.222 e. The first-order valence-electron chi connectivity index (χ1n) is 8.42. The fourth-order valence-electron chi connectivity index (χ4n) is 2.75. The van der Waals surface area contributed by atoms with Crippen molar-refractivity contribution in [2.75, 3.05) is 31.6 Å². The van der Waals surface area contributed by atoms with Crippen LogP contribution in [-0.4, -0.2) is 43.7 Å². The standard InChI is InChI=1S/C17H28N4O2.2ClH/c1-23-15(11-18)10-17(22)20-13-14-6-7-16(19-12-14)21-8-4-2-3-5-9-21;;/h6-7,12,15H,2-5,8-11,13,18H2,1H3,(H,20,22);2*1H. The molecule has 0 saturated carbocycles. The van der Waals surface area contributed by atoms with Gasteiger partial charge in [-0.05, 0) is 24.5 Å². The van der Waals surface area contributed by atoms with Crippen LogP contribution in [0.3, 0.4) is 0 Å². The van der Waals surface area contributed by atoms with Gasteiger partial charge in [0.1, 0.15) is 5.82 Å². The fourth-order valence-corrected chi connectivity index (χ4v) is 2.75. The van der Waals surface area contributed by atoms with Crippen LogP contribution < -0.4 is 16.0 Å². The number of aromatic nitrogens is 1. The van der Waals surface area contributed by atoms with Crippen LogP contribution in [0.5, 0.6) is 0 Å². The molecule has 144 valence electrons. The second kappa shape index (κ2) is 13.2. The molecule has 1 aromatic rings. The van der Waals surface area contributed by atoms with E-state index >= 15 is 0 Å². The summed E-state index contributed by atoms with van der Waals surface area (Å²) in [5, 5.41) is 2.88. The Hall–Kier alpha value is -1.08. The molecule has 1 atom stereocenters. The second-order valence-electron chi connectivity index (χ2n) is 6.00. The van der Waals surface area contributed by atoms with Gasteiger partial charge in [-0.1, -0.05) is 18.9 Å². The first kappa shape index (κ1) is 23.9. The highest BCUT2D eigenvalue weighted by molar-refractivity contribution is 5.85. The molecule has 1 amide bonds. The van der Waals surface area contributed by atoms with E-state index in [9.17, 15) is 4.79 Å². The van der Waals surface area contributed by atoms with Crippen molar-refractivity contribution in [2.24, 2.45) is 5.73 Å². The lowest BCUT2D eigenvalue weighted by Gasteiger charge is -2.21. The van der Waals surface area contributed by atoms with Gasteiger partial charge in [-0.3, -0.25) is 4.79 Å². The third-order valence-corrected chi connectivity index (χ3v) is 4.24. The topological polar surface area (TPSA) is 80.5 Å². The van der Waals surface area contributed by atoms with Gasteiger partial charge in [-0.25, -0.2) is 4.98 Å². The van der Waals surface area contributed by atoms with Crippen molar-refractivity contribution >= 4 is 36.5 Å². The number of rotatable bonds is 7. The Kier molecular flexibility index (Phi) is 12.6. The fraction of sp³-hybridized carbons (Fsp3) is 0.647. The Morgan fingerprint density at radius 2 is 1.96 bits per heavy atom. The highest BCUT2D eigenvalue weighted by Gasteiger charge is 2.12. The lowest BCUT2D eigenvalue weighted by Crippen LogP contribution is -2.32. The normalized spacial score (nSPS) is 15.4. The number of halogens is 2. The van der Waals surface area contributed by atoms with Crippen molar-refractivity contribution in [3.63, 3.8) is 0 Å². The molecule has 1 aromatic heterocycles. The van der Waals surface area contributed by atoms with Crippen LogP contribution in [0.2, 0.25) is 0 Å². The Balaban J connectivity index is 0.00000288. The molecule has 8 heteroatoms. The maximum atomic E-state index is 11.8. The number of pyridine rings is 1.